The number of aromatic hydroxyl groups is 2. The van der Waals surface area contributed by atoms with Crippen molar-refractivity contribution >= 4 is 89.7 Å². The quantitative estimate of drug-likeness (QED) is 0.0315. The number of phenols is 2. The molecule has 7 aromatic rings. The highest BCUT2D eigenvalue weighted by Crippen LogP contribution is 2.42. The van der Waals surface area contributed by atoms with E-state index in [9.17, 15) is 36.6 Å². The van der Waals surface area contributed by atoms with Crippen LogP contribution in [0, 0.1) is 0 Å². The molecule has 390 valence electrons. The highest BCUT2D eigenvalue weighted by Gasteiger charge is 2.38. The molecule has 0 saturated heterocycles. The van der Waals surface area contributed by atoms with Gasteiger partial charge in [0.1, 0.15) is 21.3 Å². The van der Waals surface area contributed by atoms with Crippen LogP contribution in [0.3, 0.4) is 0 Å². The van der Waals surface area contributed by atoms with E-state index in [-0.39, 0.29) is 82.6 Å². The number of aliphatic hydroxyl groups excluding tert-OH is 2. The number of rotatable bonds is 16. The largest absolute Gasteiger partial charge is 0.507 e. The molecule has 22 heteroatoms. The molecule has 9 rings (SSSR count). The number of aromatic nitrogens is 1. The normalized spacial score (nSPS) is 13.0. The maximum absolute atomic E-state index is 13.4. The van der Waals surface area contributed by atoms with E-state index in [1.807, 2.05) is 0 Å². The van der Waals surface area contributed by atoms with Crippen LogP contribution in [0.15, 0.2) is 125 Å². The molecule has 6 aromatic carbocycles. The van der Waals surface area contributed by atoms with Crippen LogP contribution in [0.1, 0.15) is 48.7 Å². The number of hydrogen-bond donors (Lipinski definition) is 10. The van der Waals surface area contributed by atoms with E-state index in [1.165, 1.54) is 64.1 Å². The average molecular weight is 1080 g/mol. The van der Waals surface area contributed by atoms with Crippen molar-refractivity contribution in [3.8, 4) is 11.5 Å². The summed E-state index contributed by atoms with van der Waals surface area (Å²) in [6.07, 6.45) is 1.15. The van der Waals surface area contributed by atoms with Crippen LogP contribution in [0.25, 0.3) is 21.7 Å². The number of phenolic OH excluding ortho intramolecular Hbond substituents is 2. The first-order valence-corrected chi connectivity index (χ1v) is 25.6. The van der Waals surface area contributed by atoms with Gasteiger partial charge in [0.25, 0.3) is 20.2 Å². The van der Waals surface area contributed by atoms with Gasteiger partial charge in [-0.15, -0.1) is 24.8 Å². The van der Waals surface area contributed by atoms with E-state index in [0.29, 0.717) is 50.6 Å². The third kappa shape index (κ3) is 13.3. The molecule has 0 radical (unpaired) electrons. The standard InChI is InChI=1S/C22H28N4O6.C19H20N2.C10H8O6S2.2ClH/c27-11-9-23-5-7-25-13-1-2-14(26-8-6-24-10-12-28)18-17(13)21(31)19-15(29)3-4-16(30)20(19)22(18)32;1-20-12-11-19-17(14-20)16-9-5-6-10-18(16)21(19)13-15-7-3-2-4-8-15;11-17(12,13)9-5-1-3-7-8(9)4-2-6-10(7)18(14,15)16;;/h1-4,23-30H,5-12H2;2-10H,11-14H2,1H3;1-6H,(H,11,12,13)(H,14,15,16);2*1H. The van der Waals surface area contributed by atoms with Gasteiger partial charge in [-0.3, -0.25) is 18.7 Å². The Morgan fingerprint density at radius 1 is 0.548 bits per heavy atom. The van der Waals surface area contributed by atoms with Crippen LogP contribution in [0.5, 0.6) is 11.5 Å². The summed E-state index contributed by atoms with van der Waals surface area (Å²) in [5, 5.41) is 52.0. The number of anilines is 2. The Kier molecular flexibility index (Phi) is 20.3. The van der Waals surface area contributed by atoms with E-state index >= 15 is 0 Å². The van der Waals surface area contributed by atoms with Crippen molar-refractivity contribution in [3.05, 3.63) is 154 Å². The summed E-state index contributed by atoms with van der Waals surface area (Å²) in [5.74, 6) is -1.86. The maximum atomic E-state index is 13.4. The third-order valence-electron chi connectivity index (χ3n) is 12.0. The number of nitrogens with zero attached hydrogens (tertiary/aromatic N) is 2. The second kappa shape index (κ2) is 25.7. The van der Waals surface area contributed by atoms with Gasteiger partial charge < -0.3 is 51.2 Å². The van der Waals surface area contributed by atoms with Crippen molar-refractivity contribution in [1.29, 1.82) is 0 Å². The maximum Gasteiger partial charge on any atom is 0.295 e. The Labute approximate surface area is 435 Å². The minimum atomic E-state index is -4.47. The zero-order valence-electron chi connectivity index (χ0n) is 39.6. The SMILES string of the molecule is CN1CCc2c(c3ccccc3n2Cc2ccccc2)C1.Cl.Cl.O=C1c2c(O)ccc(O)c2C(=O)c2c(NCCNCCO)ccc(NCCNCCO)c21.O=S(=O)(O)c1cccc2c(S(=O)(=O)O)cccc12. The second-order valence-electron chi connectivity index (χ2n) is 16.8. The van der Waals surface area contributed by atoms with Crippen LogP contribution in [-0.4, -0.2) is 133 Å². The first-order chi connectivity index (χ1) is 34.0. The number of ketones is 2. The molecule has 0 atom stereocenters. The number of para-hydroxylation sites is 1. The molecule has 1 aliphatic carbocycles. The zero-order valence-corrected chi connectivity index (χ0v) is 42.9. The first kappa shape index (κ1) is 57.8. The van der Waals surface area contributed by atoms with Crippen molar-refractivity contribution in [3.63, 3.8) is 0 Å². The molecule has 1 aliphatic heterocycles. The Morgan fingerprint density at radius 3 is 1.49 bits per heavy atom. The summed E-state index contributed by atoms with van der Waals surface area (Å²) in [6, 6.07) is 32.9. The van der Waals surface area contributed by atoms with Crippen molar-refractivity contribution < 1.29 is 56.0 Å². The Bertz CT molecular complexity index is 3160. The lowest BCUT2D eigenvalue weighted by molar-refractivity contribution is 0.0975. The number of aliphatic hydroxyl groups is 2. The lowest BCUT2D eigenvalue weighted by Gasteiger charge is -2.25. The number of nitrogens with one attached hydrogen (secondary N) is 4. The van der Waals surface area contributed by atoms with Gasteiger partial charge in [-0.1, -0.05) is 72.8 Å². The zero-order chi connectivity index (χ0) is 50.9. The van der Waals surface area contributed by atoms with Crippen molar-refractivity contribution in [1.82, 2.24) is 20.1 Å². The predicted molar refractivity (Wildman–Crippen MR) is 286 cm³/mol. The van der Waals surface area contributed by atoms with Gasteiger partial charge in [0, 0.05) is 104 Å². The fourth-order valence-electron chi connectivity index (χ4n) is 8.82. The highest BCUT2D eigenvalue weighted by molar-refractivity contribution is 7.86. The van der Waals surface area contributed by atoms with E-state index < -0.39 is 41.6 Å². The van der Waals surface area contributed by atoms with Gasteiger partial charge in [0.05, 0.1) is 35.5 Å². The minimum absolute atomic E-state index is 0. The number of hydrogen-bond acceptors (Lipinski definition) is 15. The first-order valence-electron chi connectivity index (χ1n) is 22.8. The number of likely N-dealkylation sites (N-methyl/N-ethyl adjacent to an activating group) is 1. The molecule has 10 N–H and O–H groups in total. The number of halogens is 2. The summed E-state index contributed by atoms with van der Waals surface area (Å²) in [7, 11) is -6.72. The molecule has 2 aliphatic rings. The van der Waals surface area contributed by atoms with Crippen LogP contribution in [0.4, 0.5) is 11.4 Å². The number of benzene rings is 6. The molecule has 0 unspecified atom stereocenters. The van der Waals surface area contributed by atoms with E-state index in [2.05, 4.69) is 92.4 Å². The molecule has 0 spiro atoms. The number of fused-ring (bicyclic) bond motifs is 6. The molecular formula is C51H58Cl2N6O12S2. The van der Waals surface area contributed by atoms with Crippen LogP contribution >= 0.6 is 24.8 Å². The fourth-order valence-corrected chi connectivity index (χ4v) is 10.2. The van der Waals surface area contributed by atoms with Crippen LogP contribution in [-0.2, 0) is 39.7 Å². The molecule has 73 heavy (non-hydrogen) atoms. The van der Waals surface area contributed by atoms with Gasteiger partial charge in [-0.25, -0.2) is 0 Å². The van der Waals surface area contributed by atoms with E-state index in [0.717, 1.165) is 38.2 Å². The van der Waals surface area contributed by atoms with E-state index in [4.69, 9.17) is 19.3 Å². The summed E-state index contributed by atoms with van der Waals surface area (Å²) < 4.78 is 65.2. The molecule has 18 nitrogen and oxygen atoms in total. The Morgan fingerprint density at radius 2 is 1.01 bits per heavy atom. The van der Waals surface area contributed by atoms with Crippen molar-refractivity contribution in [2.75, 3.05) is 76.7 Å². The lowest BCUT2D eigenvalue weighted by atomic mass is 9.81. The van der Waals surface area contributed by atoms with E-state index in [1.54, 1.807) is 12.1 Å². The molecule has 1 aromatic heterocycles. The smallest absolute Gasteiger partial charge is 0.295 e. The Hall–Kier alpha value is -6.14. The lowest BCUT2D eigenvalue weighted by Crippen LogP contribution is -2.28. The van der Waals surface area contributed by atoms with Gasteiger partial charge in [0.2, 0.25) is 11.6 Å². The molecule has 0 saturated carbocycles. The van der Waals surface area contributed by atoms with Crippen LogP contribution in [0.2, 0.25) is 0 Å². The van der Waals surface area contributed by atoms with Crippen molar-refractivity contribution in [2.45, 2.75) is 29.3 Å². The molecule has 0 bridgehead atoms. The summed E-state index contributed by atoms with van der Waals surface area (Å²) in [4.78, 5) is 28.3. The summed E-state index contributed by atoms with van der Waals surface area (Å²) >= 11 is 0. The topological polar surface area (TPSA) is 280 Å². The Balaban J connectivity index is 0.000000210. The second-order valence-corrected chi connectivity index (χ2v) is 19.6. The minimum Gasteiger partial charge on any atom is -0.507 e. The van der Waals surface area contributed by atoms with Crippen molar-refractivity contribution in [2.24, 2.45) is 0 Å². The monoisotopic (exact) mass is 1080 g/mol. The fraction of sp³-hybridized carbons (Fsp3) is 0.255. The van der Waals surface area contributed by atoms with Gasteiger partial charge in [-0.2, -0.15) is 16.8 Å². The third-order valence-corrected chi connectivity index (χ3v) is 13.8. The predicted octanol–water partition coefficient (Wildman–Crippen LogP) is 5.72. The molecular weight excluding hydrogens is 1020 g/mol. The van der Waals surface area contributed by atoms with Crippen LogP contribution < -0.4 is 21.3 Å². The molecule has 0 fully saturated rings. The summed E-state index contributed by atoms with van der Waals surface area (Å²) in [5.41, 5.74) is 6.48. The van der Waals surface area contributed by atoms with Gasteiger partial charge in [0.15, 0.2) is 0 Å². The molecule has 0 amide bonds. The summed E-state index contributed by atoms with van der Waals surface area (Å²) in [6.45, 7) is 6.00. The van der Waals surface area contributed by atoms with Gasteiger partial charge >= 0.3 is 0 Å². The number of carbonyl (C=O) groups is 2. The van der Waals surface area contributed by atoms with Gasteiger partial charge in [-0.05, 0) is 60.6 Å². The highest BCUT2D eigenvalue weighted by atomic mass is 35.5. The average Bonchev–Trinajstić information content (AvgIpc) is 3.65. The number of carbonyl (C=O) groups excluding carboxylic acids is 2. The molecule has 2 heterocycles.